The summed E-state index contributed by atoms with van der Waals surface area (Å²) < 4.78 is 0. The molecule has 0 bridgehead atoms. The number of hydrogen-bond acceptors (Lipinski definition) is 4. The monoisotopic (exact) mass is 249 g/mol. The Hall–Kier alpha value is -1.78. The number of rotatable bonds is 6. The summed E-state index contributed by atoms with van der Waals surface area (Å²) in [5, 5.41) is 17.6. The first kappa shape index (κ1) is 12.7. The van der Waals surface area contributed by atoms with Gasteiger partial charge in [-0.25, -0.2) is 0 Å². The van der Waals surface area contributed by atoms with Gasteiger partial charge in [0.25, 0.3) is 0 Å². The maximum atomic E-state index is 11.2. The lowest BCUT2D eigenvalue weighted by Crippen LogP contribution is -2.17. The zero-order chi connectivity index (χ0) is 13.2. The molecule has 0 aliphatic heterocycles. The van der Waals surface area contributed by atoms with Gasteiger partial charge in [-0.05, 0) is 38.3 Å². The summed E-state index contributed by atoms with van der Waals surface area (Å²) in [6.07, 6.45) is 3.07. The standard InChI is InChI=1S/C13H19N3O2/c1-3-9-14-10-5-4-6-11(12(10)16(17)18)15-13(2)7-8-13/h4-6,14-15H,3,7-9H2,1-2H3. The second kappa shape index (κ2) is 4.84. The molecule has 1 saturated carbocycles. The first-order chi connectivity index (χ1) is 8.56. The minimum atomic E-state index is -0.313. The van der Waals surface area contributed by atoms with Crippen LogP contribution in [0, 0.1) is 10.1 Å². The molecule has 0 radical (unpaired) electrons. The second-order valence-electron chi connectivity index (χ2n) is 5.07. The topological polar surface area (TPSA) is 67.2 Å². The van der Waals surface area contributed by atoms with Crippen molar-refractivity contribution in [3.63, 3.8) is 0 Å². The summed E-state index contributed by atoms with van der Waals surface area (Å²) >= 11 is 0. The van der Waals surface area contributed by atoms with Crippen molar-refractivity contribution < 1.29 is 4.92 Å². The van der Waals surface area contributed by atoms with Gasteiger partial charge in [-0.3, -0.25) is 10.1 Å². The number of nitrogens with one attached hydrogen (secondary N) is 2. The molecule has 1 fully saturated rings. The van der Waals surface area contributed by atoms with E-state index in [1.54, 1.807) is 12.1 Å². The fourth-order valence-electron chi connectivity index (χ4n) is 1.88. The van der Waals surface area contributed by atoms with Gasteiger partial charge in [-0.2, -0.15) is 0 Å². The van der Waals surface area contributed by atoms with E-state index in [9.17, 15) is 10.1 Å². The van der Waals surface area contributed by atoms with E-state index >= 15 is 0 Å². The molecule has 0 aromatic heterocycles. The van der Waals surface area contributed by atoms with Crippen molar-refractivity contribution in [2.45, 2.75) is 38.6 Å². The van der Waals surface area contributed by atoms with E-state index in [-0.39, 0.29) is 16.1 Å². The van der Waals surface area contributed by atoms with E-state index in [0.717, 1.165) is 25.8 Å². The highest BCUT2D eigenvalue weighted by Crippen LogP contribution is 2.42. The molecule has 0 unspecified atom stereocenters. The van der Waals surface area contributed by atoms with E-state index in [1.807, 2.05) is 13.0 Å². The number of nitrogens with zero attached hydrogens (tertiary/aromatic N) is 1. The van der Waals surface area contributed by atoms with Gasteiger partial charge < -0.3 is 10.6 Å². The fourth-order valence-corrected chi connectivity index (χ4v) is 1.88. The van der Waals surface area contributed by atoms with Crippen molar-refractivity contribution >= 4 is 17.1 Å². The molecule has 2 rings (SSSR count). The lowest BCUT2D eigenvalue weighted by Gasteiger charge is -2.15. The maximum Gasteiger partial charge on any atom is 0.315 e. The van der Waals surface area contributed by atoms with Crippen LogP contribution >= 0.6 is 0 Å². The van der Waals surface area contributed by atoms with Gasteiger partial charge in [0.2, 0.25) is 0 Å². The van der Waals surface area contributed by atoms with Crippen LogP contribution in [-0.2, 0) is 0 Å². The molecule has 5 heteroatoms. The van der Waals surface area contributed by atoms with Gasteiger partial charge in [-0.15, -0.1) is 0 Å². The number of hydrogen-bond donors (Lipinski definition) is 2. The van der Waals surface area contributed by atoms with Crippen LogP contribution in [0.1, 0.15) is 33.1 Å². The number of anilines is 2. The third kappa shape index (κ3) is 2.72. The Morgan fingerprint density at radius 3 is 2.61 bits per heavy atom. The van der Waals surface area contributed by atoms with Gasteiger partial charge in [-0.1, -0.05) is 13.0 Å². The van der Waals surface area contributed by atoms with E-state index in [2.05, 4.69) is 17.6 Å². The fraction of sp³-hybridized carbons (Fsp3) is 0.538. The van der Waals surface area contributed by atoms with Crippen molar-refractivity contribution in [3.05, 3.63) is 28.3 Å². The molecule has 18 heavy (non-hydrogen) atoms. The lowest BCUT2D eigenvalue weighted by atomic mass is 10.2. The molecule has 1 aromatic rings. The van der Waals surface area contributed by atoms with Gasteiger partial charge in [0.1, 0.15) is 11.4 Å². The lowest BCUT2D eigenvalue weighted by molar-refractivity contribution is -0.383. The Morgan fingerprint density at radius 2 is 2.06 bits per heavy atom. The van der Waals surface area contributed by atoms with Crippen molar-refractivity contribution in [3.8, 4) is 0 Å². The molecular weight excluding hydrogens is 230 g/mol. The van der Waals surface area contributed by atoms with E-state index in [1.165, 1.54) is 0 Å². The van der Waals surface area contributed by atoms with Gasteiger partial charge in [0, 0.05) is 12.1 Å². The third-order valence-corrected chi connectivity index (χ3v) is 3.22. The van der Waals surface area contributed by atoms with Crippen molar-refractivity contribution in [1.82, 2.24) is 0 Å². The first-order valence-corrected chi connectivity index (χ1v) is 6.35. The quantitative estimate of drug-likeness (QED) is 0.599. The van der Waals surface area contributed by atoms with E-state index < -0.39 is 0 Å². The minimum absolute atomic E-state index is 0.0359. The summed E-state index contributed by atoms with van der Waals surface area (Å²) in [5.74, 6) is 0. The highest BCUT2D eigenvalue weighted by Gasteiger charge is 2.38. The molecule has 5 nitrogen and oxygen atoms in total. The Morgan fingerprint density at radius 1 is 1.39 bits per heavy atom. The average molecular weight is 249 g/mol. The summed E-state index contributed by atoms with van der Waals surface area (Å²) in [5.41, 5.74) is 1.39. The normalized spacial score (nSPS) is 16.1. The molecule has 0 saturated heterocycles. The van der Waals surface area contributed by atoms with Crippen LogP contribution in [0.15, 0.2) is 18.2 Å². The highest BCUT2D eigenvalue weighted by molar-refractivity contribution is 5.77. The molecule has 98 valence electrons. The van der Waals surface area contributed by atoms with Crippen molar-refractivity contribution in [1.29, 1.82) is 0 Å². The second-order valence-corrected chi connectivity index (χ2v) is 5.07. The smallest absolute Gasteiger partial charge is 0.315 e. The van der Waals surface area contributed by atoms with Gasteiger partial charge in [0.05, 0.1) is 4.92 Å². The van der Waals surface area contributed by atoms with Crippen LogP contribution in [0.4, 0.5) is 17.1 Å². The van der Waals surface area contributed by atoms with E-state index in [4.69, 9.17) is 0 Å². The van der Waals surface area contributed by atoms with Gasteiger partial charge in [0.15, 0.2) is 0 Å². The van der Waals surface area contributed by atoms with Crippen LogP contribution in [-0.4, -0.2) is 17.0 Å². The predicted octanol–water partition coefficient (Wildman–Crippen LogP) is 3.38. The molecule has 1 aliphatic rings. The Labute approximate surface area is 107 Å². The zero-order valence-electron chi connectivity index (χ0n) is 10.8. The molecule has 1 aliphatic carbocycles. The number of nitro groups is 1. The Bertz CT molecular complexity index is 456. The molecule has 0 heterocycles. The SMILES string of the molecule is CCCNc1cccc(NC2(C)CC2)c1[N+](=O)[O-]. The first-order valence-electron chi connectivity index (χ1n) is 6.35. The number of nitro benzene ring substituents is 1. The zero-order valence-corrected chi connectivity index (χ0v) is 10.8. The average Bonchev–Trinajstić information content (AvgIpc) is 3.03. The summed E-state index contributed by atoms with van der Waals surface area (Å²) in [6, 6.07) is 5.38. The Kier molecular flexibility index (Phi) is 3.41. The van der Waals surface area contributed by atoms with Gasteiger partial charge >= 0.3 is 5.69 Å². The number of para-hydroxylation sites is 1. The molecule has 1 aromatic carbocycles. The predicted molar refractivity (Wildman–Crippen MR) is 73.1 cm³/mol. The third-order valence-electron chi connectivity index (χ3n) is 3.22. The minimum Gasteiger partial charge on any atom is -0.379 e. The highest BCUT2D eigenvalue weighted by atomic mass is 16.6. The van der Waals surface area contributed by atoms with Crippen LogP contribution in [0.3, 0.4) is 0 Å². The summed E-state index contributed by atoms with van der Waals surface area (Å²) in [6.45, 7) is 4.86. The molecule has 0 amide bonds. The van der Waals surface area contributed by atoms with Crippen molar-refractivity contribution in [2.24, 2.45) is 0 Å². The van der Waals surface area contributed by atoms with Crippen LogP contribution < -0.4 is 10.6 Å². The molecule has 0 spiro atoms. The maximum absolute atomic E-state index is 11.2. The number of benzene rings is 1. The van der Waals surface area contributed by atoms with Crippen LogP contribution in [0.25, 0.3) is 0 Å². The summed E-state index contributed by atoms with van der Waals surface area (Å²) in [4.78, 5) is 10.9. The molecular formula is C13H19N3O2. The Balaban J connectivity index is 2.29. The largest absolute Gasteiger partial charge is 0.379 e. The molecule has 0 atom stereocenters. The summed E-state index contributed by atoms with van der Waals surface area (Å²) in [7, 11) is 0. The van der Waals surface area contributed by atoms with Crippen LogP contribution in [0.5, 0.6) is 0 Å². The van der Waals surface area contributed by atoms with E-state index in [0.29, 0.717) is 11.4 Å². The van der Waals surface area contributed by atoms with Crippen LogP contribution in [0.2, 0.25) is 0 Å². The van der Waals surface area contributed by atoms with Crippen molar-refractivity contribution in [2.75, 3.05) is 17.2 Å². The molecule has 2 N–H and O–H groups in total.